The van der Waals surface area contributed by atoms with E-state index in [1.165, 1.54) is 25.3 Å². The first-order valence-electron chi connectivity index (χ1n) is 6.76. The van der Waals surface area contributed by atoms with Crippen LogP contribution in [0.3, 0.4) is 0 Å². The zero-order valence-electron chi connectivity index (χ0n) is 11.0. The molecule has 18 heavy (non-hydrogen) atoms. The molecule has 2 rings (SSSR count). The van der Waals surface area contributed by atoms with Gasteiger partial charge in [0, 0.05) is 23.2 Å². The highest BCUT2D eigenvalue weighted by atomic mass is 35.5. The summed E-state index contributed by atoms with van der Waals surface area (Å²) in [5.74, 6) is 1.17. The first-order valence-corrected chi connectivity index (χ1v) is 7.13. The van der Waals surface area contributed by atoms with Gasteiger partial charge in [0.25, 0.3) is 0 Å². The van der Waals surface area contributed by atoms with Gasteiger partial charge in [-0.25, -0.2) is 4.39 Å². The maximum Gasteiger partial charge on any atom is 0.129 e. The van der Waals surface area contributed by atoms with E-state index >= 15 is 0 Å². The molecule has 1 fully saturated rings. The molecule has 0 aromatic heterocycles. The van der Waals surface area contributed by atoms with Crippen molar-refractivity contribution in [2.45, 2.75) is 45.7 Å². The lowest BCUT2D eigenvalue weighted by Gasteiger charge is -2.34. The third kappa shape index (κ3) is 3.04. The fourth-order valence-electron chi connectivity index (χ4n) is 2.80. The second kappa shape index (κ2) is 6.03. The standard InChI is InChI=1S/C15H21ClFN/c1-10-5-3-8-15(11(10)2)18-9-12-13(16)6-4-7-14(12)17/h4,6-7,10-11,15,18H,3,5,8-9H2,1-2H3/t10-,11+,15+/m0/s1. The van der Waals surface area contributed by atoms with Gasteiger partial charge < -0.3 is 5.32 Å². The van der Waals surface area contributed by atoms with E-state index in [1.54, 1.807) is 12.1 Å². The first kappa shape index (κ1) is 13.8. The van der Waals surface area contributed by atoms with Crippen molar-refractivity contribution in [2.24, 2.45) is 11.8 Å². The van der Waals surface area contributed by atoms with E-state index in [2.05, 4.69) is 19.2 Å². The summed E-state index contributed by atoms with van der Waals surface area (Å²) >= 11 is 6.03. The van der Waals surface area contributed by atoms with Crippen LogP contribution in [0.25, 0.3) is 0 Å². The predicted molar refractivity (Wildman–Crippen MR) is 74.2 cm³/mol. The number of hydrogen-bond acceptors (Lipinski definition) is 1. The summed E-state index contributed by atoms with van der Waals surface area (Å²) in [5, 5.41) is 3.99. The van der Waals surface area contributed by atoms with Gasteiger partial charge in [-0.05, 0) is 30.4 Å². The van der Waals surface area contributed by atoms with Crippen molar-refractivity contribution in [3.05, 3.63) is 34.6 Å². The largest absolute Gasteiger partial charge is 0.309 e. The molecule has 0 aliphatic heterocycles. The zero-order valence-corrected chi connectivity index (χ0v) is 11.8. The summed E-state index contributed by atoms with van der Waals surface area (Å²) < 4.78 is 13.7. The predicted octanol–water partition coefficient (Wildman–Crippen LogP) is 4.39. The Hall–Kier alpha value is -0.600. The quantitative estimate of drug-likeness (QED) is 0.858. The molecular formula is C15H21ClFN. The molecule has 0 heterocycles. The minimum absolute atomic E-state index is 0.216. The van der Waals surface area contributed by atoms with Gasteiger partial charge >= 0.3 is 0 Å². The van der Waals surface area contributed by atoms with E-state index in [0.29, 0.717) is 29.1 Å². The molecule has 1 aromatic rings. The van der Waals surface area contributed by atoms with Gasteiger partial charge in [-0.1, -0.05) is 44.4 Å². The Morgan fingerprint density at radius 1 is 1.33 bits per heavy atom. The van der Waals surface area contributed by atoms with Gasteiger partial charge in [-0.2, -0.15) is 0 Å². The van der Waals surface area contributed by atoms with Gasteiger partial charge in [0.15, 0.2) is 0 Å². The number of hydrogen-bond donors (Lipinski definition) is 1. The molecule has 1 saturated carbocycles. The average molecular weight is 270 g/mol. The van der Waals surface area contributed by atoms with E-state index in [-0.39, 0.29) is 5.82 Å². The number of rotatable bonds is 3. The third-order valence-electron chi connectivity index (χ3n) is 4.31. The van der Waals surface area contributed by atoms with Gasteiger partial charge in [-0.3, -0.25) is 0 Å². The molecule has 1 aliphatic rings. The summed E-state index contributed by atoms with van der Waals surface area (Å²) in [7, 11) is 0. The molecule has 0 amide bonds. The Labute approximate surface area is 114 Å². The summed E-state index contributed by atoms with van der Waals surface area (Å²) in [6, 6.07) is 5.33. The summed E-state index contributed by atoms with van der Waals surface area (Å²) in [6.07, 6.45) is 3.74. The van der Waals surface area contributed by atoms with Crippen molar-refractivity contribution in [3.8, 4) is 0 Å². The van der Waals surface area contributed by atoms with Crippen LogP contribution in [0.5, 0.6) is 0 Å². The molecule has 1 N–H and O–H groups in total. The van der Waals surface area contributed by atoms with Crippen LogP contribution in [0, 0.1) is 17.7 Å². The van der Waals surface area contributed by atoms with Gasteiger partial charge in [0.1, 0.15) is 5.82 Å². The van der Waals surface area contributed by atoms with Crippen molar-refractivity contribution < 1.29 is 4.39 Å². The van der Waals surface area contributed by atoms with Crippen LogP contribution in [-0.2, 0) is 6.54 Å². The molecule has 0 radical (unpaired) electrons. The number of halogens is 2. The second-order valence-corrected chi connectivity index (χ2v) is 5.86. The lowest BCUT2D eigenvalue weighted by atomic mass is 9.78. The van der Waals surface area contributed by atoms with Crippen LogP contribution in [0.15, 0.2) is 18.2 Å². The van der Waals surface area contributed by atoms with Crippen molar-refractivity contribution in [3.63, 3.8) is 0 Å². The lowest BCUT2D eigenvalue weighted by Crippen LogP contribution is -2.40. The molecule has 3 heteroatoms. The average Bonchev–Trinajstić information content (AvgIpc) is 2.33. The van der Waals surface area contributed by atoms with E-state index < -0.39 is 0 Å². The Morgan fingerprint density at radius 3 is 2.83 bits per heavy atom. The van der Waals surface area contributed by atoms with E-state index in [9.17, 15) is 4.39 Å². The normalized spacial score (nSPS) is 28.3. The van der Waals surface area contributed by atoms with Crippen molar-refractivity contribution in [2.75, 3.05) is 0 Å². The van der Waals surface area contributed by atoms with Crippen LogP contribution < -0.4 is 5.32 Å². The fraction of sp³-hybridized carbons (Fsp3) is 0.600. The van der Waals surface area contributed by atoms with Gasteiger partial charge in [0.05, 0.1) is 0 Å². The van der Waals surface area contributed by atoms with Crippen LogP contribution in [0.1, 0.15) is 38.7 Å². The van der Waals surface area contributed by atoms with E-state index in [4.69, 9.17) is 11.6 Å². The van der Waals surface area contributed by atoms with Crippen molar-refractivity contribution in [1.29, 1.82) is 0 Å². The molecule has 1 aromatic carbocycles. The molecule has 0 bridgehead atoms. The summed E-state index contributed by atoms with van der Waals surface area (Å²) in [4.78, 5) is 0. The highest BCUT2D eigenvalue weighted by Crippen LogP contribution is 2.30. The minimum atomic E-state index is -0.216. The smallest absolute Gasteiger partial charge is 0.129 e. The molecular weight excluding hydrogens is 249 g/mol. The van der Waals surface area contributed by atoms with E-state index in [0.717, 1.165) is 5.92 Å². The Morgan fingerprint density at radius 2 is 2.11 bits per heavy atom. The Bertz CT molecular complexity index is 387. The zero-order chi connectivity index (χ0) is 13.1. The second-order valence-electron chi connectivity index (χ2n) is 5.45. The highest BCUT2D eigenvalue weighted by molar-refractivity contribution is 6.31. The molecule has 0 spiro atoms. The van der Waals surface area contributed by atoms with Crippen molar-refractivity contribution >= 4 is 11.6 Å². The molecule has 1 aliphatic carbocycles. The minimum Gasteiger partial charge on any atom is -0.309 e. The maximum absolute atomic E-state index is 13.7. The molecule has 3 atom stereocenters. The summed E-state index contributed by atoms with van der Waals surface area (Å²) in [6.45, 7) is 5.10. The SMILES string of the molecule is C[C@@H]1[C@@H](C)CCC[C@H]1NCc1c(F)cccc1Cl. The van der Waals surface area contributed by atoms with E-state index in [1.807, 2.05) is 0 Å². The van der Waals surface area contributed by atoms with Gasteiger partial charge in [0.2, 0.25) is 0 Å². The lowest BCUT2D eigenvalue weighted by molar-refractivity contribution is 0.205. The monoisotopic (exact) mass is 269 g/mol. The van der Waals surface area contributed by atoms with Crippen LogP contribution >= 0.6 is 11.6 Å². The molecule has 100 valence electrons. The number of nitrogens with one attached hydrogen (secondary N) is 1. The van der Waals surface area contributed by atoms with Crippen LogP contribution in [-0.4, -0.2) is 6.04 Å². The Kier molecular flexibility index (Phi) is 4.63. The van der Waals surface area contributed by atoms with Crippen LogP contribution in [0.4, 0.5) is 4.39 Å². The molecule has 0 saturated heterocycles. The van der Waals surface area contributed by atoms with Crippen molar-refractivity contribution in [1.82, 2.24) is 5.32 Å². The third-order valence-corrected chi connectivity index (χ3v) is 4.66. The fourth-order valence-corrected chi connectivity index (χ4v) is 3.03. The topological polar surface area (TPSA) is 12.0 Å². The Balaban J connectivity index is 1.99. The first-order chi connectivity index (χ1) is 8.59. The highest BCUT2D eigenvalue weighted by Gasteiger charge is 2.26. The summed E-state index contributed by atoms with van der Waals surface area (Å²) in [5.41, 5.74) is 0.588. The number of benzene rings is 1. The molecule has 0 unspecified atom stereocenters. The van der Waals surface area contributed by atoms with Gasteiger partial charge in [-0.15, -0.1) is 0 Å². The maximum atomic E-state index is 13.7. The van der Waals surface area contributed by atoms with Crippen LogP contribution in [0.2, 0.25) is 5.02 Å². The molecule has 1 nitrogen and oxygen atoms in total.